The van der Waals surface area contributed by atoms with Crippen molar-refractivity contribution >= 4 is 77.4 Å². The summed E-state index contributed by atoms with van der Waals surface area (Å²) >= 11 is 0. The smallest absolute Gasteiger partial charge is 0.361 e. The van der Waals surface area contributed by atoms with Gasteiger partial charge in [0.15, 0.2) is 0 Å². The topological polar surface area (TPSA) is 269 Å². The minimum atomic E-state index is -4.19. The molecular formula is C72H102O24P6. The lowest BCUT2D eigenvalue weighted by Crippen LogP contribution is -2.19. The first-order valence-corrected chi connectivity index (χ1v) is 43.7. The third kappa shape index (κ3) is 18.9. The molecule has 0 fully saturated rings. The Labute approximate surface area is 602 Å². The minimum Gasteiger partial charge on any atom is -0.496 e. The SMILES string of the molecule is CCOP(=O)(OCC)c1cc2c(OC)c(c1)Cc1cc(P(=O)(OCC)OCC)cc(c1OC)Cc1cc(P(=O)(OCC)OCC)cc(c1OC)Cc1cc(P(=O)(OCC)OCC)cc(c1OC)Cc1cc(P(=O)(OCC)OCC)cc(c1OC)Cc1cc(P(=O)(OCC)OCC)cc(c1OC)C2. The maximum Gasteiger partial charge on any atom is 0.361 e. The summed E-state index contributed by atoms with van der Waals surface area (Å²) < 4.78 is 205. The van der Waals surface area contributed by atoms with Crippen molar-refractivity contribution < 1.29 is 110 Å². The molecule has 0 radical (unpaired) electrons. The molecule has 0 aliphatic heterocycles. The Morgan fingerprint density at radius 2 is 0.284 bits per heavy atom. The molecule has 7 rings (SSSR count). The molecule has 0 amide bonds. The van der Waals surface area contributed by atoms with Gasteiger partial charge >= 0.3 is 45.6 Å². The molecule has 0 unspecified atom stereocenters. The first-order valence-electron chi connectivity index (χ1n) is 34.4. The van der Waals surface area contributed by atoms with Gasteiger partial charge < -0.3 is 82.7 Å². The highest BCUT2D eigenvalue weighted by Gasteiger charge is 2.38. The fraction of sp³-hybridized carbons (Fsp3) is 0.500. The normalized spacial score (nSPS) is 13.4. The molecule has 12 bridgehead atoms. The van der Waals surface area contributed by atoms with E-state index >= 15 is 27.4 Å². The van der Waals surface area contributed by atoms with Crippen molar-refractivity contribution in [2.75, 3.05) is 122 Å². The van der Waals surface area contributed by atoms with E-state index in [2.05, 4.69) is 0 Å². The first-order chi connectivity index (χ1) is 48.8. The fourth-order valence-corrected chi connectivity index (χ4v) is 23.0. The molecule has 1 aliphatic carbocycles. The van der Waals surface area contributed by atoms with Crippen LogP contribution in [0.3, 0.4) is 0 Å². The molecule has 1 aliphatic rings. The van der Waals surface area contributed by atoms with Crippen molar-refractivity contribution in [2.24, 2.45) is 0 Å². The van der Waals surface area contributed by atoms with Gasteiger partial charge in [-0.1, -0.05) is 0 Å². The maximum atomic E-state index is 15.5. The molecule has 0 saturated carbocycles. The van der Waals surface area contributed by atoms with E-state index in [0.29, 0.717) is 101 Å². The Morgan fingerprint density at radius 3 is 0.353 bits per heavy atom. The van der Waals surface area contributed by atoms with Crippen molar-refractivity contribution in [3.8, 4) is 34.5 Å². The summed E-state index contributed by atoms with van der Waals surface area (Å²) in [5.41, 5.74) is 5.17. The van der Waals surface area contributed by atoms with Crippen molar-refractivity contribution in [1.82, 2.24) is 0 Å². The molecule has 0 spiro atoms. The number of benzene rings is 6. The number of methoxy groups -OCH3 is 6. The van der Waals surface area contributed by atoms with Crippen LogP contribution in [0.1, 0.15) is 150 Å². The molecule has 0 N–H and O–H groups in total. The molecule has 564 valence electrons. The van der Waals surface area contributed by atoms with E-state index < -0.39 is 45.6 Å². The number of fused-ring (bicyclic) bond motifs is 12. The Hall–Kier alpha value is -4.98. The van der Waals surface area contributed by atoms with Crippen LogP contribution in [-0.4, -0.2) is 122 Å². The van der Waals surface area contributed by atoms with Gasteiger partial charge in [-0.15, -0.1) is 0 Å². The van der Waals surface area contributed by atoms with Crippen LogP contribution in [0.15, 0.2) is 72.8 Å². The standard InChI is InChI=1S/C72H102O24P6/c1-19-85-97(73,86-20-2)61-37-49-31-51-39-62(98(74,87-21-3)88-22-4)41-53(68(51)80-14)33-55-43-64(100(76,91-25-7)92-26-8)45-57(70(55)82-16)35-59-47-66(102(78,95-29-11)96-30-12)48-60(72(59)84-18)36-58-46-65(101(77,93-27-9)94-28-10)44-56(71(58)83-17)34-54-42-63(99(75,89-23-5)90-24-6)40-52(69(54)81-15)32-50(38-61)67(49)79-13/h37-48H,19-36H2,1-18H3. The van der Waals surface area contributed by atoms with E-state index in [1.54, 1.807) is 156 Å². The van der Waals surface area contributed by atoms with Gasteiger partial charge in [-0.2, -0.15) is 0 Å². The highest BCUT2D eigenvalue weighted by atomic mass is 31.2. The van der Waals surface area contributed by atoms with Crippen LogP contribution in [-0.2, 0) is 120 Å². The number of hydrogen-bond donors (Lipinski definition) is 0. The van der Waals surface area contributed by atoms with E-state index in [1.165, 1.54) is 42.7 Å². The number of ether oxygens (including phenoxy) is 6. The van der Waals surface area contributed by atoms with Crippen molar-refractivity contribution in [1.29, 1.82) is 0 Å². The molecule has 102 heavy (non-hydrogen) atoms. The van der Waals surface area contributed by atoms with Crippen LogP contribution in [0.4, 0.5) is 0 Å². The molecule has 24 nitrogen and oxygen atoms in total. The molecule has 6 aromatic carbocycles. The van der Waals surface area contributed by atoms with Crippen LogP contribution in [0.2, 0.25) is 0 Å². The lowest BCUT2D eigenvalue weighted by Gasteiger charge is -2.26. The van der Waals surface area contributed by atoms with Crippen LogP contribution < -0.4 is 60.2 Å². The second-order valence-corrected chi connectivity index (χ2v) is 35.0. The lowest BCUT2D eigenvalue weighted by molar-refractivity contribution is 0.229. The van der Waals surface area contributed by atoms with E-state index in [1.807, 2.05) is 0 Å². The minimum absolute atomic E-state index is 0.000939. The predicted molar refractivity (Wildman–Crippen MR) is 398 cm³/mol. The van der Waals surface area contributed by atoms with Gasteiger partial charge in [-0.3, -0.25) is 27.4 Å². The Balaban J connectivity index is 1.80. The quantitative estimate of drug-likeness (QED) is 0.0330. The second kappa shape index (κ2) is 38.0. The number of rotatable bonds is 36. The summed E-state index contributed by atoms with van der Waals surface area (Å²) in [5, 5.41) is 0.940. The summed E-state index contributed by atoms with van der Waals surface area (Å²) in [6.45, 7) is 20.5. The van der Waals surface area contributed by atoms with E-state index in [9.17, 15) is 0 Å². The van der Waals surface area contributed by atoms with Gasteiger partial charge in [-0.05, 0) is 223 Å². The molecule has 6 aromatic rings. The van der Waals surface area contributed by atoms with Crippen molar-refractivity contribution in [3.05, 3.63) is 140 Å². The average Bonchev–Trinajstić information content (AvgIpc) is 0.765. The summed E-state index contributed by atoms with van der Waals surface area (Å²) in [4.78, 5) is 0. The monoisotopic (exact) mass is 1540 g/mol. The third-order valence-electron chi connectivity index (χ3n) is 16.4. The van der Waals surface area contributed by atoms with Gasteiger partial charge in [0.25, 0.3) is 0 Å². The van der Waals surface area contributed by atoms with E-state index in [4.69, 9.17) is 82.7 Å². The average molecular weight is 1540 g/mol. The zero-order valence-electron chi connectivity index (χ0n) is 62.1. The van der Waals surface area contributed by atoms with Crippen LogP contribution in [0.5, 0.6) is 34.5 Å². The van der Waals surface area contributed by atoms with Crippen LogP contribution in [0, 0.1) is 0 Å². The fourth-order valence-electron chi connectivity index (χ4n) is 12.9. The molecule has 0 saturated heterocycles. The Kier molecular flexibility index (Phi) is 31.4. The van der Waals surface area contributed by atoms with E-state index in [0.717, 1.165) is 0 Å². The zero-order valence-corrected chi connectivity index (χ0v) is 67.5. The zero-order chi connectivity index (χ0) is 74.8. The predicted octanol–water partition coefficient (Wildman–Crippen LogP) is 14.9. The van der Waals surface area contributed by atoms with Crippen molar-refractivity contribution in [2.45, 2.75) is 122 Å². The Morgan fingerprint density at radius 1 is 0.196 bits per heavy atom. The highest BCUT2D eigenvalue weighted by molar-refractivity contribution is 7.63. The van der Waals surface area contributed by atoms with Crippen molar-refractivity contribution in [3.63, 3.8) is 0 Å². The maximum absolute atomic E-state index is 15.5. The summed E-state index contributed by atoms with van der Waals surface area (Å²) in [5.74, 6) is 1.81. The summed E-state index contributed by atoms with van der Waals surface area (Å²) in [6, 6.07) is 20.2. The van der Waals surface area contributed by atoms with Crippen LogP contribution in [0.25, 0.3) is 0 Å². The molecular weight excluding hydrogens is 1430 g/mol. The van der Waals surface area contributed by atoms with Gasteiger partial charge in [-0.25, -0.2) is 0 Å². The number of hydrogen-bond acceptors (Lipinski definition) is 24. The van der Waals surface area contributed by atoms with Gasteiger partial charge in [0.05, 0.1) is 154 Å². The van der Waals surface area contributed by atoms with E-state index in [-0.39, 0.29) is 150 Å². The van der Waals surface area contributed by atoms with Gasteiger partial charge in [0.2, 0.25) is 0 Å². The first kappa shape index (κ1) is 84.3. The second-order valence-electron chi connectivity index (χ2n) is 22.8. The van der Waals surface area contributed by atoms with Gasteiger partial charge in [0, 0.05) is 38.5 Å². The van der Waals surface area contributed by atoms with Crippen LogP contribution >= 0.6 is 45.6 Å². The molecule has 0 atom stereocenters. The summed E-state index contributed by atoms with van der Waals surface area (Å²) in [6.07, 6.45) is -0.495. The molecule has 0 aromatic heterocycles. The van der Waals surface area contributed by atoms with Gasteiger partial charge in [0.1, 0.15) is 34.5 Å². The highest BCUT2D eigenvalue weighted by Crippen LogP contribution is 2.55. The Bertz CT molecular complexity index is 3300. The molecule has 0 heterocycles. The largest absolute Gasteiger partial charge is 0.496 e. The molecule has 30 heteroatoms. The third-order valence-corrected chi connectivity index (χ3v) is 28.9. The lowest BCUT2D eigenvalue weighted by atomic mass is 9.91. The summed E-state index contributed by atoms with van der Waals surface area (Å²) in [7, 11) is -16.1.